The van der Waals surface area contributed by atoms with Gasteiger partial charge < -0.3 is 15.7 Å². The summed E-state index contributed by atoms with van der Waals surface area (Å²) in [4.78, 5) is 18.2. The molecule has 0 atom stereocenters. The van der Waals surface area contributed by atoms with Gasteiger partial charge in [-0.25, -0.2) is 0 Å². The Bertz CT molecular complexity index is 599. The van der Waals surface area contributed by atoms with Crippen molar-refractivity contribution in [2.24, 2.45) is 0 Å². The first-order valence-corrected chi connectivity index (χ1v) is 6.40. The third kappa shape index (κ3) is 2.88. The van der Waals surface area contributed by atoms with Crippen LogP contribution in [0.4, 0.5) is 5.69 Å². The summed E-state index contributed by atoms with van der Waals surface area (Å²) in [6.45, 7) is 2.79. The monoisotopic (exact) mass is 271 g/mol. The maximum Gasteiger partial charge on any atom is 0.258 e. The molecule has 2 rings (SSSR count). The van der Waals surface area contributed by atoms with E-state index in [0.717, 1.165) is 5.69 Å². The van der Waals surface area contributed by atoms with Crippen molar-refractivity contribution in [3.05, 3.63) is 53.9 Å². The number of nitrogens with zero attached hydrogens (tertiary/aromatic N) is 2. The van der Waals surface area contributed by atoms with E-state index in [-0.39, 0.29) is 22.9 Å². The van der Waals surface area contributed by atoms with E-state index >= 15 is 0 Å². The van der Waals surface area contributed by atoms with Crippen LogP contribution in [0.2, 0.25) is 0 Å². The van der Waals surface area contributed by atoms with Gasteiger partial charge in [0.15, 0.2) is 5.75 Å². The van der Waals surface area contributed by atoms with E-state index in [1.807, 2.05) is 25.1 Å². The number of aromatic hydroxyl groups is 1. The average Bonchev–Trinajstić information content (AvgIpc) is 2.48. The summed E-state index contributed by atoms with van der Waals surface area (Å²) in [5.41, 5.74) is 6.83. The summed E-state index contributed by atoms with van der Waals surface area (Å²) < 4.78 is 0. The predicted octanol–water partition coefficient (Wildman–Crippen LogP) is 2.03. The van der Waals surface area contributed by atoms with Gasteiger partial charge in [-0.3, -0.25) is 9.78 Å². The molecule has 104 valence electrons. The van der Waals surface area contributed by atoms with E-state index in [0.29, 0.717) is 13.1 Å². The molecule has 0 spiro atoms. The Morgan fingerprint density at radius 1 is 1.30 bits per heavy atom. The third-order valence-electron chi connectivity index (χ3n) is 3.05. The third-order valence-corrected chi connectivity index (χ3v) is 3.05. The summed E-state index contributed by atoms with van der Waals surface area (Å²) in [6.07, 6.45) is 1.69. The molecule has 5 nitrogen and oxygen atoms in total. The Labute approximate surface area is 117 Å². The fourth-order valence-corrected chi connectivity index (χ4v) is 1.92. The van der Waals surface area contributed by atoms with Crippen LogP contribution in [0.15, 0.2) is 42.6 Å². The fraction of sp³-hybridized carbons (Fsp3) is 0.200. The highest BCUT2D eigenvalue weighted by Gasteiger charge is 2.19. The number of anilines is 1. The van der Waals surface area contributed by atoms with Crippen LogP contribution in [0, 0.1) is 0 Å². The Hall–Kier alpha value is -2.56. The predicted molar refractivity (Wildman–Crippen MR) is 77.2 cm³/mol. The molecule has 3 N–H and O–H groups in total. The molecule has 20 heavy (non-hydrogen) atoms. The lowest BCUT2D eigenvalue weighted by molar-refractivity contribution is 0.0747. The van der Waals surface area contributed by atoms with Crippen LogP contribution >= 0.6 is 0 Å². The number of benzene rings is 1. The number of phenols is 1. The van der Waals surface area contributed by atoms with E-state index in [2.05, 4.69) is 4.98 Å². The topological polar surface area (TPSA) is 79.5 Å². The minimum absolute atomic E-state index is 0.169. The molecular weight excluding hydrogens is 254 g/mol. The number of rotatable bonds is 4. The van der Waals surface area contributed by atoms with Gasteiger partial charge in [0.25, 0.3) is 5.91 Å². The summed E-state index contributed by atoms with van der Waals surface area (Å²) in [5, 5.41) is 9.89. The van der Waals surface area contributed by atoms with Crippen LogP contribution in [0.25, 0.3) is 0 Å². The molecule has 0 saturated heterocycles. The maximum absolute atomic E-state index is 12.4. The second-order valence-corrected chi connectivity index (χ2v) is 4.38. The summed E-state index contributed by atoms with van der Waals surface area (Å²) >= 11 is 0. The van der Waals surface area contributed by atoms with Crippen molar-refractivity contribution < 1.29 is 9.90 Å². The number of aromatic nitrogens is 1. The van der Waals surface area contributed by atoms with E-state index in [1.165, 1.54) is 0 Å². The fourth-order valence-electron chi connectivity index (χ4n) is 1.92. The van der Waals surface area contributed by atoms with Crippen molar-refractivity contribution in [2.45, 2.75) is 13.5 Å². The van der Waals surface area contributed by atoms with Crippen LogP contribution in [-0.2, 0) is 6.54 Å². The molecule has 0 unspecified atom stereocenters. The number of phenolic OH excluding ortho intramolecular Hbond substituents is 1. The molecule has 0 aliphatic heterocycles. The number of pyridine rings is 1. The highest BCUT2D eigenvalue weighted by molar-refractivity contribution is 5.98. The number of nitrogen functional groups attached to an aromatic ring is 1. The van der Waals surface area contributed by atoms with Crippen LogP contribution in [0.1, 0.15) is 23.0 Å². The summed E-state index contributed by atoms with van der Waals surface area (Å²) in [6, 6.07) is 10.3. The Morgan fingerprint density at radius 3 is 2.75 bits per heavy atom. The van der Waals surface area contributed by atoms with Crippen LogP contribution in [-0.4, -0.2) is 27.4 Å². The van der Waals surface area contributed by atoms with Gasteiger partial charge in [-0.15, -0.1) is 0 Å². The van der Waals surface area contributed by atoms with Gasteiger partial charge >= 0.3 is 0 Å². The zero-order valence-corrected chi connectivity index (χ0v) is 11.3. The molecule has 1 aromatic carbocycles. The van der Waals surface area contributed by atoms with Crippen molar-refractivity contribution >= 4 is 11.6 Å². The average molecular weight is 271 g/mol. The van der Waals surface area contributed by atoms with E-state index < -0.39 is 0 Å². The highest BCUT2D eigenvalue weighted by atomic mass is 16.3. The minimum Gasteiger partial charge on any atom is -0.505 e. The second kappa shape index (κ2) is 6.06. The number of para-hydroxylation sites is 1. The summed E-state index contributed by atoms with van der Waals surface area (Å²) in [5.74, 6) is -0.431. The summed E-state index contributed by atoms with van der Waals surface area (Å²) in [7, 11) is 0. The van der Waals surface area contributed by atoms with Gasteiger partial charge in [-0.2, -0.15) is 0 Å². The molecule has 0 bridgehead atoms. The Kier molecular flexibility index (Phi) is 4.20. The molecule has 1 amide bonds. The molecule has 0 aliphatic carbocycles. The number of carbonyl (C=O) groups excluding carboxylic acids is 1. The van der Waals surface area contributed by atoms with Gasteiger partial charge in [0, 0.05) is 12.7 Å². The first-order valence-electron chi connectivity index (χ1n) is 6.40. The SMILES string of the molecule is CCN(Cc1ccccn1)C(=O)c1cccc(N)c1O. The lowest BCUT2D eigenvalue weighted by Gasteiger charge is -2.21. The largest absolute Gasteiger partial charge is 0.505 e. The van der Waals surface area contributed by atoms with Crippen molar-refractivity contribution in [3.63, 3.8) is 0 Å². The molecule has 0 fully saturated rings. The lowest BCUT2D eigenvalue weighted by atomic mass is 10.1. The molecular formula is C15H17N3O2. The zero-order chi connectivity index (χ0) is 14.5. The van der Waals surface area contributed by atoms with Crippen LogP contribution in [0.5, 0.6) is 5.75 Å². The van der Waals surface area contributed by atoms with Crippen LogP contribution in [0.3, 0.4) is 0 Å². The van der Waals surface area contributed by atoms with Crippen molar-refractivity contribution in [3.8, 4) is 5.75 Å². The standard InChI is InChI=1S/C15H17N3O2/c1-2-18(10-11-6-3-4-9-17-11)15(20)12-7-5-8-13(16)14(12)19/h3-9,19H,2,10,16H2,1H3. The highest BCUT2D eigenvalue weighted by Crippen LogP contribution is 2.25. The van der Waals surface area contributed by atoms with Crippen LogP contribution < -0.4 is 5.73 Å². The van der Waals surface area contributed by atoms with E-state index in [9.17, 15) is 9.90 Å². The first kappa shape index (κ1) is 13.9. The normalized spacial score (nSPS) is 10.2. The molecule has 0 aliphatic rings. The van der Waals surface area contributed by atoms with Gasteiger partial charge in [-0.1, -0.05) is 12.1 Å². The van der Waals surface area contributed by atoms with Crippen molar-refractivity contribution in [1.82, 2.24) is 9.88 Å². The zero-order valence-electron chi connectivity index (χ0n) is 11.3. The van der Waals surface area contributed by atoms with Gasteiger partial charge in [-0.05, 0) is 31.2 Å². The number of hydrogen-bond donors (Lipinski definition) is 2. The second-order valence-electron chi connectivity index (χ2n) is 4.38. The molecule has 1 heterocycles. The first-order chi connectivity index (χ1) is 9.63. The number of nitrogens with two attached hydrogens (primary N) is 1. The maximum atomic E-state index is 12.4. The number of carbonyl (C=O) groups is 1. The Balaban J connectivity index is 2.23. The molecule has 0 radical (unpaired) electrons. The molecule has 5 heteroatoms. The number of hydrogen-bond acceptors (Lipinski definition) is 4. The van der Waals surface area contributed by atoms with Gasteiger partial charge in [0.2, 0.25) is 0 Å². The number of amides is 1. The van der Waals surface area contributed by atoms with E-state index in [1.54, 1.807) is 29.3 Å². The minimum atomic E-state index is -0.261. The van der Waals surface area contributed by atoms with Gasteiger partial charge in [0.05, 0.1) is 23.5 Å². The molecule has 1 aromatic heterocycles. The quantitative estimate of drug-likeness (QED) is 0.658. The van der Waals surface area contributed by atoms with E-state index in [4.69, 9.17) is 5.73 Å². The van der Waals surface area contributed by atoms with Crippen molar-refractivity contribution in [2.75, 3.05) is 12.3 Å². The molecule has 0 saturated carbocycles. The Morgan fingerprint density at radius 2 is 2.10 bits per heavy atom. The van der Waals surface area contributed by atoms with Crippen molar-refractivity contribution in [1.29, 1.82) is 0 Å². The molecule has 2 aromatic rings. The van der Waals surface area contributed by atoms with Gasteiger partial charge in [0.1, 0.15) is 0 Å². The smallest absolute Gasteiger partial charge is 0.258 e. The lowest BCUT2D eigenvalue weighted by Crippen LogP contribution is -2.30.